The standard InChI is InChI=1S/C21H42N2O/c1-16(2)21-15-23(12-13-24-21)19(6)10-9-18(5)20-8-7-11-22(14-20)17(3)4/h16-21H,7-15H2,1-6H3. The fourth-order valence-electron chi connectivity index (χ4n) is 4.40. The van der Waals surface area contributed by atoms with Crippen molar-refractivity contribution in [1.29, 1.82) is 0 Å². The molecular formula is C21H42N2O. The molecule has 3 heteroatoms. The van der Waals surface area contributed by atoms with Gasteiger partial charge in [-0.25, -0.2) is 0 Å². The van der Waals surface area contributed by atoms with Gasteiger partial charge in [-0.1, -0.05) is 20.8 Å². The highest BCUT2D eigenvalue weighted by atomic mass is 16.5. The van der Waals surface area contributed by atoms with Gasteiger partial charge in [-0.2, -0.15) is 0 Å². The van der Waals surface area contributed by atoms with E-state index < -0.39 is 0 Å². The summed E-state index contributed by atoms with van der Waals surface area (Å²) in [6, 6.07) is 1.41. The fourth-order valence-corrected chi connectivity index (χ4v) is 4.40. The summed E-state index contributed by atoms with van der Waals surface area (Å²) < 4.78 is 5.93. The number of piperidine rings is 1. The molecule has 2 rings (SSSR count). The van der Waals surface area contributed by atoms with Crippen molar-refractivity contribution in [3.05, 3.63) is 0 Å². The topological polar surface area (TPSA) is 15.7 Å². The Morgan fingerprint density at radius 2 is 1.67 bits per heavy atom. The summed E-state index contributed by atoms with van der Waals surface area (Å²) in [7, 11) is 0. The van der Waals surface area contributed by atoms with Crippen LogP contribution >= 0.6 is 0 Å². The minimum Gasteiger partial charge on any atom is -0.375 e. The summed E-state index contributed by atoms with van der Waals surface area (Å²) in [5.74, 6) is 2.39. The molecule has 0 aliphatic carbocycles. The number of likely N-dealkylation sites (tertiary alicyclic amines) is 1. The Balaban J connectivity index is 1.75. The molecule has 2 heterocycles. The van der Waals surface area contributed by atoms with Gasteiger partial charge in [0.25, 0.3) is 0 Å². The third-order valence-electron chi connectivity index (χ3n) is 6.56. The van der Waals surface area contributed by atoms with Crippen LogP contribution in [0.2, 0.25) is 0 Å². The molecule has 0 aromatic rings. The van der Waals surface area contributed by atoms with Crippen LogP contribution < -0.4 is 0 Å². The van der Waals surface area contributed by atoms with Crippen LogP contribution in [0.3, 0.4) is 0 Å². The molecule has 0 saturated carbocycles. The molecule has 0 amide bonds. The number of morpholine rings is 1. The van der Waals surface area contributed by atoms with E-state index in [-0.39, 0.29) is 0 Å². The van der Waals surface area contributed by atoms with Crippen molar-refractivity contribution in [3.63, 3.8) is 0 Å². The highest BCUT2D eigenvalue weighted by Crippen LogP contribution is 2.29. The SMILES string of the molecule is CC(C)C1CN(C(C)CCC(C)C2CCCN(C(C)C)C2)CCO1. The number of hydrogen-bond donors (Lipinski definition) is 0. The molecule has 0 spiro atoms. The molecule has 0 N–H and O–H groups in total. The van der Waals surface area contributed by atoms with E-state index in [4.69, 9.17) is 4.74 Å². The van der Waals surface area contributed by atoms with Crippen molar-refractivity contribution in [2.45, 2.75) is 85.4 Å². The minimum absolute atomic E-state index is 0.427. The molecule has 2 aliphatic heterocycles. The van der Waals surface area contributed by atoms with E-state index in [2.05, 4.69) is 51.3 Å². The van der Waals surface area contributed by atoms with Crippen LogP contribution in [0, 0.1) is 17.8 Å². The summed E-state index contributed by atoms with van der Waals surface area (Å²) in [5, 5.41) is 0. The minimum atomic E-state index is 0.427. The van der Waals surface area contributed by atoms with Gasteiger partial charge in [-0.05, 0) is 70.8 Å². The van der Waals surface area contributed by atoms with E-state index in [1.54, 1.807) is 0 Å². The van der Waals surface area contributed by atoms with Crippen molar-refractivity contribution in [1.82, 2.24) is 9.80 Å². The van der Waals surface area contributed by atoms with Gasteiger partial charge < -0.3 is 9.64 Å². The van der Waals surface area contributed by atoms with Crippen molar-refractivity contribution in [2.24, 2.45) is 17.8 Å². The Labute approximate surface area is 151 Å². The Bertz CT molecular complexity index is 324. The first-order valence-corrected chi connectivity index (χ1v) is 10.5. The number of rotatable bonds is 7. The fraction of sp³-hybridized carbons (Fsp3) is 1.00. The van der Waals surface area contributed by atoms with Gasteiger partial charge in [-0.3, -0.25) is 4.90 Å². The zero-order valence-corrected chi connectivity index (χ0v) is 17.1. The average molecular weight is 339 g/mol. The molecule has 0 aromatic carbocycles. The van der Waals surface area contributed by atoms with Crippen LogP contribution in [-0.4, -0.2) is 60.8 Å². The van der Waals surface area contributed by atoms with E-state index in [9.17, 15) is 0 Å². The molecule has 2 saturated heterocycles. The predicted molar refractivity (Wildman–Crippen MR) is 103 cm³/mol. The molecule has 2 aliphatic rings. The normalized spacial score (nSPS) is 30.0. The summed E-state index contributed by atoms with van der Waals surface area (Å²) >= 11 is 0. The van der Waals surface area contributed by atoms with Crippen LogP contribution in [0.4, 0.5) is 0 Å². The molecule has 3 nitrogen and oxygen atoms in total. The maximum Gasteiger partial charge on any atom is 0.0725 e. The van der Waals surface area contributed by atoms with Gasteiger partial charge in [0.2, 0.25) is 0 Å². The molecule has 0 radical (unpaired) electrons. The molecule has 4 atom stereocenters. The van der Waals surface area contributed by atoms with E-state index in [1.165, 1.54) is 38.8 Å². The highest BCUT2D eigenvalue weighted by Gasteiger charge is 2.28. The monoisotopic (exact) mass is 338 g/mol. The summed E-state index contributed by atoms with van der Waals surface area (Å²) in [6.07, 6.45) is 5.97. The van der Waals surface area contributed by atoms with Crippen LogP contribution in [-0.2, 0) is 4.74 Å². The highest BCUT2D eigenvalue weighted by molar-refractivity contribution is 4.81. The molecule has 24 heavy (non-hydrogen) atoms. The maximum atomic E-state index is 5.93. The second kappa shape index (κ2) is 9.54. The zero-order chi connectivity index (χ0) is 17.7. The van der Waals surface area contributed by atoms with Crippen molar-refractivity contribution in [3.8, 4) is 0 Å². The molecule has 0 aromatic heterocycles. The second-order valence-corrected chi connectivity index (χ2v) is 9.04. The van der Waals surface area contributed by atoms with E-state index in [0.29, 0.717) is 24.1 Å². The van der Waals surface area contributed by atoms with Crippen LogP contribution in [0.1, 0.15) is 67.2 Å². The number of hydrogen-bond acceptors (Lipinski definition) is 3. The lowest BCUT2D eigenvalue weighted by molar-refractivity contribution is -0.0627. The average Bonchev–Trinajstić information content (AvgIpc) is 2.59. The van der Waals surface area contributed by atoms with Crippen LogP contribution in [0.5, 0.6) is 0 Å². The molecule has 142 valence electrons. The van der Waals surface area contributed by atoms with Crippen molar-refractivity contribution < 1.29 is 4.74 Å². The van der Waals surface area contributed by atoms with Gasteiger partial charge in [0, 0.05) is 31.7 Å². The van der Waals surface area contributed by atoms with E-state index >= 15 is 0 Å². The Morgan fingerprint density at radius 1 is 0.917 bits per heavy atom. The first kappa shape index (κ1) is 20.2. The van der Waals surface area contributed by atoms with E-state index in [0.717, 1.165) is 31.5 Å². The van der Waals surface area contributed by atoms with Gasteiger partial charge in [0.1, 0.15) is 0 Å². The smallest absolute Gasteiger partial charge is 0.0725 e. The quantitative estimate of drug-likeness (QED) is 0.689. The Hall–Kier alpha value is -0.120. The third-order valence-corrected chi connectivity index (χ3v) is 6.56. The van der Waals surface area contributed by atoms with Gasteiger partial charge >= 0.3 is 0 Å². The van der Waals surface area contributed by atoms with Crippen molar-refractivity contribution in [2.75, 3.05) is 32.8 Å². The van der Waals surface area contributed by atoms with Crippen LogP contribution in [0.25, 0.3) is 0 Å². The van der Waals surface area contributed by atoms with Crippen LogP contribution in [0.15, 0.2) is 0 Å². The third kappa shape index (κ3) is 5.71. The van der Waals surface area contributed by atoms with Crippen molar-refractivity contribution >= 4 is 0 Å². The lowest BCUT2D eigenvalue weighted by Gasteiger charge is -2.40. The Kier molecular flexibility index (Phi) is 8.03. The molecule has 2 fully saturated rings. The largest absolute Gasteiger partial charge is 0.375 e. The lowest BCUT2D eigenvalue weighted by atomic mass is 9.83. The zero-order valence-electron chi connectivity index (χ0n) is 17.1. The van der Waals surface area contributed by atoms with E-state index in [1.807, 2.05) is 0 Å². The first-order valence-electron chi connectivity index (χ1n) is 10.5. The molecular weight excluding hydrogens is 296 g/mol. The maximum absolute atomic E-state index is 5.93. The first-order chi connectivity index (χ1) is 11.4. The number of nitrogens with zero attached hydrogens (tertiary/aromatic N) is 2. The van der Waals surface area contributed by atoms with Gasteiger partial charge in [0.05, 0.1) is 12.7 Å². The predicted octanol–water partition coefficient (Wildman–Crippen LogP) is 4.27. The second-order valence-electron chi connectivity index (χ2n) is 9.04. The molecule has 0 bridgehead atoms. The molecule has 4 unspecified atom stereocenters. The van der Waals surface area contributed by atoms with Gasteiger partial charge in [-0.15, -0.1) is 0 Å². The number of ether oxygens (including phenoxy) is 1. The Morgan fingerprint density at radius 3 is 2.33 bits per heavy atom. The lowest BCUT2D eigenvalue weighted by Crippen LogP contribution is -2.48. The summed E-state index contributed by atoms with van der Waals surface area (Å²) in [5.41, 5.74) is 0. The summed E-state index contributed by atoms with van der Waals surface area (Å²) in [4.78, 5) is 5.35. The van der Waals surface area contributed by atoms with Gasteiger partial charge in [0.15, 0.2) is 0 Å². The summed E-state index contributed by atoms with van der Waals surface area (Å²) in [6.45, 7) is 20.0.